The third kappa shape index (κ3) is 5.63. The maximum absolute atomic E-state index is 14.0. The number of rotatable bonds is 8. The summed E-state index contributed by atoms with van der Waals surface area (Å²) in [4.78, 5) is 11.9. The van der Waals surface area contributed by atoms with Gasteiger partial charge in [0.15, 0.2) is 26.2 Å². The van der Waals surface area contributed by atoms with E-state index < -0.39 is 42.9 Å². The smallest absolute Gasteiger partial charge is 0.452 e. The molecule has 2 unspecified atom stereocenters. The van der Waals surface area contributed by atoms with Crippen LogP contribution in [0.2, 0.25) is 0 Å². The summed E-state index contributed by atoms with van der Waals surface area (Å²) in [5.74, 6) is -1.24. The monoisotopic (exact) mass is 466 g/mol. The lowest BCUT2D eigenvalue weighted by Crippen LogP contribution is -2.43. The van der Waals surface area contributed by atoms with E-state index in [0.29, 0.717) is 6.92 Å². The highest BCUT2D eigenvalue weighted by Crippen LogP contribution is 2.38. The zero-order valence-electron chi connectivity index (χ0n) is 15.3. The fourth-order valence-electron chi connectivity index (χ4n) is 1.91. The van der Waals surface area contributed by atoms with E-state index in [9.17, 15) is 43.6 Å². The zero-order valence-corrected chi connectivity index (χ0v) is 16.9. The number of alkyl halides is 5. The number of ether oxygens (including phenoxy) is 1. The Labute approximate surface area is 164 Å². The molecule has 7 nitrogen and oxygen atoms in total. The van der Waals surface area contributed by atoms with Gasteiger partial charge in [-0.15, -0.1) is 0 Å². The van der Waals surface area contributed by atoms with Crippen LogP contribution in [-0.2, 0) is 24.8 Å². The molecule has 0 fully saturated rings. The van der Waals surface area contributed by atoms with E-state index in [1.54, 1.807) is 0 Å². The van der Waals surface area contributed by atoms with Crippen LogP contribution in [-0.4, -0.2) is 39.7 Å². The topological polar surface area (TPSA) is 109 Å². The molecule has 1 aromatic carbocycles. The second-order valence-corrected chi connectivity index (χ2v) is 9.51. The molecule has 0 aliphatic heterocycles. The SMILES string of the molecule is CCC(C)c1ccc(C(=O)OC(C)C(F)(F)S(=O)(=O)[N-]S(=O)(=O)C(F)(F)F)cc1. The van der Waals surface area contributed by atoms with Crippen molar-refractivity contribution in [2.24, 2.45) is 0 Å². The van der Waals surface area contributed by atoms with Crippen LogP contribution in [0.5, 0.6) is 0 Å². The molecule has 0 aliphatic rings. The number of sulfonamides is 2. The molecule has 0 bridgehead atoms. The Morgan fingerprint density at radius 2 is 1.48 bits per heavy atom. The molecule has 166 valence electrons. The number of hydrogen-bond acceptors (Lipinski definition) is 6. The molecule has 1 rings (SSSR count). The van der Waals surface area contributed by atoms with Gasteiger partial charge in [-0.3, -0.25) is 0 Å². The fourth-order valence-corrected chi connectivity index (χ4v) is 4.15. The average Bonchev–Trinajstić information content (AvgIpc) is 2.58. The Balaban J connectivity index is 3.01. The van der Waals surface area contributed by atoms with Crippen molar-refractivity contribution in [3.05, 3.63) is 39.5 Å². The first-order chi connectivity index (χ1) is 13.0. The molecule has 0 aromatic heterocycles. The molecule has 0 heterocycles. The van der Waals surface area contributed by atoms with Gasteiger partial charge < -0.3 is 8.86 Å². The first-order valence-electron chi connectivity index (χ1n) is 7.95. The van der Waals surface area contributed by atoms with Gasteiger partial charge in [0.05, 0.1) is 5.56 Å². The highest BCUT2D eigenvalue weighted by atomic mass is 32.3. The van der Waals surface area contributed by atoms with E-state index >= 15 is 0 Å². The summed E-state index contributed by atoms with van der Waals surface area (Å²) in [6, 6.07) is 5.52. The van der Waals surface area contributed by atoms with Gasteiger partial charge in [0.1, 0.15) is 0 Å². The molecule has 29 heavy (non-hydrogen) atoms. The van der Waals surface area contributed by atoms with Crippen molar-refractivity contribution in [1.29, 1.82) is 0 Å². The number of carbonyl (C=O) groups excluding carboxylic acids is 1. The molecule has 14 heteroatoms. The fraction of sp³-hybridized carbons (Fsp3) is 0.533. The van der Waals surface area contributed by atoms with Crippen molar-refractivity contribution >= 4 is 26.0 Å². The van der Waals surface area contributed by atoms with E-state index in [4.69, 9.17) is 0 Å². The summed E-state index contributed by atoms with van der Waals surface area (Å²) in [7, 11) is -13.3. The third-order valence-corrected chi connectivity index (χ3v) is 7.09. The molecule has 0 saturated heterocycles. The first-order valence-corrected chi connectivity index (χ1v) is 10.8. The molecule has 0 N–H and O–H groups in total. The average molecular weight is 466 g/mol. The standard InChI is InChI=1S/C15H17F5NO6S2/c1-4-9(2)11-5-7-12(8-6-11)13(22)27-10(3)14(16,17)28(23,24)21-29(25,26)15(18,19)20/h5-10H,4H2,1-3H3/q-1. The highest BCUT2D eigenvalue weighted by Gasteiger charge is 2.51. The molecule has 2 atom stereocenters. The third-order valence-electron chi connectivity index (χ3n) is 3.92. The van der Waals surface area contributed by atoms with Crippen LogP contribution in [0.1, 0.15) is 49.0 Å². The lowest BCUT2D eigenvalue weighted by molar-refractivity contribution is -0.0508. The van der Waals surface area contributed by atoms with Crippen molar-refractivity contribution in [2.45, 2.75) is 50.0 Å². The number of esters is 1. The molecular formula is C15H17F5NO6S2-. The molecule has 0 spiro atoms. The van der Waals surface area contributed by atoms with Gasteiger partial charge in [0, 0.05) is 0 Å². The molecule has 1 aromatic rings. The Morgan fingerprint density at radius 3 is 1.90 bits per heavy atom. The van der Waals surface area contributed by atoms with Crippen LogP contribution in [0, 0.1) is 0 Å². The first kappa shape index (κ1) is 25.2. The van der Waals surface area contributed by atoms with Crippen molar-refractivity contribution in [3.8, 4) is 0 Å². The van der Waals surface area contributed by atoms with Crippen molar-refractivity contribution in [1.82, 2.24) is 0 Å². The normalized spacial score (nSPS) is 15.6. The quantitative estimate of drug-likeness (QED) is 0.425. The number of carbonyl (C=O) groups is 1. The van der Waals surface area contributed by atoms with Gasteiger partial charge in [-0.05, 0) is 37.0 Å². The lowest BCUT2D eigenvalue weighted by atomic mass is 9.98. The van der Waals surface area contributed by atoms with Crippen molar-refractivity contribution < 1.29 is 48.3 Å². The zero-order chi connectivity index (χ0) is 22.8. The van der Waals surface area contributed by atoms with Crippen LogP contribution < -0.4 is 0 Å². The Morgan fingerprint density at radius 1 is 1.00 bits per heavy atom. The maximum Gasteiger partial charge on any atom is 0.480 e. The van der Waals surface area contributed by atoms with Gasteiger partial charge in [0.25, 0.3) is 0 Å². The minimum atomic E-state index is -6.75. The lowest BCUT2D eigenvalue weighted by Gasteiger charge is -2.30. The van der Waals surface area contributed by atoms with E-state index in [0.717, 1.165) is 12.0 Å². The van der Waals surface area contributed by atoms with E-state index in [2.05, 4.69) is 4.74 Å². The van der Waals surface area contributed by atoms with Gasteiger partial charge in [-0.2, -0.15) is 22.0 Å². The largest absolute Gasteiger partial charge is 0.480 e. The molecule has 0 saturated carbocycles. The van der Waals surface area contributed by atoms with Gasteiger partial charge >= 0.3 is 16.7 Å². The maximum atomic E-state index is 14.0. The minimum Gasteiger partial charge on any atom is -0.452 e. The van der Waals surface area contributed by atoms with Crippen molar-refractivity contribution in [2.75, 3.05) is 0 Å². The Bertz CT molecular complexity index is 942. The number of benzene rings is 1. The minimum absolute atomic E-state index is 0.144. The van der Waals surface area contributed by atoms with Gasteiger partial charge in [0.2, 0.25) is 0 Å². The van der Waals surface area contributed by atoms with Gasteiger partial charge in [-0.25, -0.2) is 21.6 Å². The Hall–Kier alpha value is -1.80. The summed E-state index contributed by atoms with van der Waals surface area (Å²) < 4.78 is 115. The molecular weight excluding hydrogens is 449 g/mol. The van der Waals surface area contributed by atoms with Crippen LogP contribution in [0.3, 0.4) is 0 Å². The molecule has 0 amide bonds. The second-order valence-electron chi connectivity index (χ2n) is 6.01. The highest BCUT2D eigenvalue weighted by molar-refractivity contribution is 8.13. The summed E-state index contributed by atoms with van der Waals surface area (Å²) in [6.45, 7) is 4.19. The van der Waals surface area contributed by atoms with Crippen LogP contribution in [0.4, 0.5) is 22.0 Å². The summed E-state index contributed by atoms with van der Waals surface area (Å²) in [5.41, 5.74) is -5.59. The van der Waals surface area contributed by atoms with E-state index in [1.165, 1.54) is 28.4 Å². The summed E-state index contributed by atoms with van der Waals surface area (Å²) >= 11 is 0. The second kappa shape index (κ2) is 8.52. The summed E-state index contributed by atoms with van der Waals surface area (Å²) in [6.07, 6.45) is -2.05. The van der Waals surface area contributed by atoms with Crippen molar-refractivity contribution in [3.63, 3.8) is 0 Å². The Kier molecular flexibility index (Phi) is 7.41. The number of nitrogens with zero attached hydrogens (tertiary/aromatic N) is 1. The van der Waals surface area contributed by atoms with Gasteiger partial charge in [-0.1, -0.05) is 26.0 Å². The molecule has 0 aliphatic carbocycles. The molecule has 0 radical (unpaired) electrons. The van der Waals surface area contributed by atoms with E-state index in [1.807, 2.05) is 13.8 Å². The number of hydrogen-bond donors (Lipinski definition) is 0. The van der Waals surface area contributed by atoms with Crippen LogP contribution in [0.15, 0.2) is 24.3 Å². The predicted octanol–water partition coefficient (Wildman–Crippen LogP) is 3.89. The number of halogens is 5. The van der Waals surface area contributed by atoms with E-state index in [-0.39, 0.29) is 11.5 Å². The predicted molar refractivity (Wildman–Crippen MR) is 92.2 cm³/mol. The van der Waals surface area contributed by atoms with Crippen LogP contribution in [0.25, 0.3) is 4.13 Å². The summed E-state index contributed by atoms with van der Waals surface area (Å²) in [5, 5.41) is -5.24. The van der Waals surface area contributed by atoms with Crippen LogP contribution >= 0.6 is 0 Å².